The lowest BCUT2D eigenvalue weighted by Crippen LogP contribution is -3.16. The van der Waals surface area contributed by atoms with E-state index in [2.05, 4.69) is 42.6 Å². The smallest absolute Gasteiger partial charge is 0.275 e. The lowest BCUT2D eigenvalue weighted by molar-refractivity contribution is -0.940. The maximum Gasteiger partial charge on any atom is 0.275 e. The van der Waals surface area contributed by atoms with Crippen LogP contribution in [0.2, 0.25) is 0 Å². The number of likely N-dealkylation sites (tertiary alicyclic amines) is 1. The first-order valence-electron chi connectivity index (χ1n) is 9.84. The van der Waals surface area contributed by atoms with Gasteiger partial charge in [-0.2, -0.15) is 0 Å². The largest absolute Gasteiger partial charge is 0.370 e. The summed E-state index contributed by atoms with van der Waals surface area (Å²) in [6, 6.07) is 11.0. The Balaban J connectivity index is 1.63. The number of carbonyl (C=O) groups excluding carboxylic acids is 1. The molecule has 2 heterocycles. The van der Waals surface area contributed by atoms with Gasteiger partial charge >= 0.3 is 0 Å². The molecule has 1 amide bonds. The highest BCUT2D eigenvalue weighted by Crippen LogP contribution is 2.14. The molecule has 5 nitrogen and oxygen atoms in total. The van der Waals surface area contributed by atoms with Gasteiger partial charge in [-0.25, -0.2) is 0 Å². The monoisotopic (exact) mass is 347 g/mol. The van der Waals surface area contributed by atoms with Gasteiger partial charge in [0.15, 0.2) is 6.54 Å². The molecule has 0 spiro atoms. The molecule has 138 valence electrons. The van der Waals surface area contributed by atoms with Crippen molar-refractivity contribution in [3.05, 3.63) is 35.9 Å². The Morgan fingerprint density at radius 2 is 1.76 bits per heavy atom. The molecule has 2 aliphatic rings. The molecule has 2 aliphatic heterocycles. The predicted molar refractivity (Wildman–Crippen MR) is 97.7 cm³/mol. The van der Waals surface area contributed by atoms with Gasteiger partial charge in [0.1, 0.15) is 19.1 Å². The third-order valence-corrected chi connectivity index (χ3v) is 5.59. The van der Waals surface area contributed by atoms with E-state index in [1.807, 2.05) is 0 Å². The summed E-state index contributed by atoms with van der Waals surface area (Å²) in [6.07, 6.45) is 3.82. The van der Waals surface area contributed by atoms with E-state index < -0.39 is 0 Å². The van der Waals surface area contributed by atoms with Crippen molar-refractivity contribution in [2.75, 3.05) is 45.9 Å². The van der Waals surface area contributed by atoms with E-state index in [0.29, 0.717) is 6.54 Å². The molecule has 2 saturated heterocycles. The third-order valence-electron chi connectivity index (χ3n) is 5.59. The average Bonchev–Trinajstić information content (AvgIpc) is 2.64. The Kier molecular flexibility index (Phi) is 6.84. The average molecular weight is 348 g/mol. The minimum Gasteiger partial charge on any atom is -0.370 e. The number of hydrogen-bond donors (Lipinski definition) is 3. The number of morpholine rings is 1. The van der Waals surface area contributed by atoms with Crippen LogP contribution in [0.1, 0.15) is 37.8 Å². The second-order valence-electron chi connectivity index (χ2n) is 7.50. The quantitative estimate of drug-likeness (QED) is 0.632. The van der Waals surface area contributed by atoms with Gasteiger partial charge in [-0.3, -0.25) is 4.79 Å². The normalized spacial score (nSPS) is 22.3. The summed E-state index contributed by atoms with van der Waals surface area (Å²) in [6.45, 7) is 8.65. The van der Waals surface area contributed by atoms with Crippen LogP contribution in [0.3, 0.4) is 0 Å². The maximum atomic E-state index is 12.6. The van der Waals surface area contributed by atoms with Crippen LogP contribution >= 0.6 is 0 Å². The third kappa shape index (κ3) is 5.27. The molecular weight excluding hydrogens is 314 g/mol. The summed E-state index contributed by atoms with van der Waals surface area (Å²) in [7, 11) is 0. The van der Waals surface area contributed by atoms with E-state index >= 15 is 0 Å². The molecule has 0 bridgehead atoms. The van der Waals surface area contributed by atoms with Gasteiger partial charge in [-0.1, -0.05) is 30.3 Å². The van der Waals surface area contributed by atoms with E-state index in [0.717, 1.165) is 39.4 Å². The van der Waals surface area contributed by atoms with Crippen molar-refractivity contribution in [2.45, 2.75) is 38.3 Å². The summed E-state index contributed by atoms with van der Waals surface area (Å²) < 4.78 is 5.54. The van der Waals surface area contributed by atoms with E-state index in [9.17, 15) is 4.79 Å². The molecule has 25 heavy (non-hydrogen) atoms. The van der Waals surface area contributed by atoms with Crippen molar-refractivity contribution in [1.82, 2.24) is 5.32 Å². The van der Waals surface area contributed by atoms with Crippen molar-refractivity contribution < 1.29 is 19.3 Å². The van der Waals surface area contributed by atoms with Crippen LogP contribution in [0.15, 0.2) is 30.3 Å². The highest BCUT2D eigenvalue weighted by molar-refractivity contribution is 5.77. The number of carbonyl (C=O) groups is 1. The Hall–Kier alpha value is -1.43. The molecule has 5 heteroatoms. The Morgan fingerprint density at radius 1 is 1.08 bits per heavy atom. The van der Waals surface area contributed by atoms with Crippen LogP contribution < -0.4 is 15.1 Å². The number of rotatable bonds is 6. The number of amides is 1. The Labute approximate surface area is 151 Å². The van der Waals surface area contributed by atoms with E-state index in [1.54, 1.807) is 0 Å². The SMILES string of the molecule is C[C@@H](NC(=O)C[NH+]1CCCCC1)[C@@H](c1ccccc1)[NH+]1CCOCC1. The van der Waals surface area contributed by atoms with Gasteiger partial charge in [-0.15, -0.1) is 0 Å². The van der Waals surface area contributed by atoms with E-state index in [4.69, 9.17) is 4.74 Å². The fourth-order valence-corrected chi connectivity index (χ4v) is 4.33. The maximum absolute atomic E-state index is 12.6. The van der Waals surface area contributed by atoms with Gasteiger partial charge in [0.2, 0.25) is 0 Å². The van der Waals surface area contributed by atoms with Gasteiger partial charge in [-0.05, 0) is 26.2 Å². The van der Waals surface area contributed by atoms with Crippen LogP contribution in [-0.4, -0.2) is 57.9 Å². The van der Waals surface area contributed by atoms with Gasteiger partial charge in [0.25, 0.3) is 5.91 Å². The number of piperidine rings is 1. The number of nitrogens with one attached hydrogen (secondary N) is 3. The predicted octanol–water partition coefficient (Wildman–Crippen LogP) is -0.784. The zero-order valence-corrected chi connectivity index (χ0v) is 15.4. The zero-order chi connectivity index (χ0) is 17.5. The Morgan fingerprint density at radius 3 is 2.44 bits per heavy atom. The highest BCUT2D eigenvalue weighted by atomic mass is 16.5. The summed E-state index contributed by atoms with van der Waals surface area (Å²) in [4.78, 5) is 15.5. The molecular formula is C20H33N3O2+2. The van der Waals surface area contributed by atoms with Crippen LogP contribution in [0.25, 0.3) is 0 Å². The molecule has 1 aromatic rings. The minimum atomic E-state index is 0.118. The van der Waals surface area contributed by atoms with Crippen molar-refractivity contribution in [1.29, 1.82) is 0 Å². The van der Waals surface area contributed by atoms with Crippen molar-refractivity contribution in [2.24, 2.45) is 0 Å². The summed E-state index contributed by atoms with van der Waals surface area (Å²) in [5, 5.41) is 3.30. The zero-order valence-electron chi connectivity index (χ0n) is 15.4. The first-order chi connectivity index (χ1) is 12.2. The fourth-order valence-electron chi connectivity index (χ4n) is 4.33. The number of benzene rings is 1. The number of hydrogen-bond acceptors (Lipinski definition) is 2. The van der Waals surface area contributed by atoms with Crippen molar-refractivity contribution in [3.8, 4) is 0 Å². The Bertz CT molecular complexity index is 525. The molecule has 0 radical (unpaired) electrons. The van der Waals surface area contributed by atoms with Gasteiger partial charge in [0.05, 0.1) is 32.3 Å². The first kappa shape index (κ1) is 18.4. The number of quaternary nitrogens is 2. The molecule has 0 unspecified atom stereocenters. The lowest BCUT2D eigenvalue weighted by atomic mass is 9.98. The second kappa shape index (κ2) is 9.32. The second-order valence-corrected chi connectivity index (χ2v) is 7.50. The highest BCUT2D eigenvalue weighted by Gasteiger charge is 2.32. The summed E-state index contributed by atoms with van der Waals surface area (Å²) in [5.41, 5.74) is 1.30. The van der Waals surface area contributed by atoms with Crippen LogP contribution in [-0.2, 0) is 9.53 Å². The van der Waals surface area contributed by atoms with E-state index in [-0.39, 0.29) is 18.0 Å². The fraction of sp³-hybridized carbons (Fsp3) is 0.650. The van der Waals surface area contributed by atoms with Gasteiger partial charge < -0.3 is 19.9 Å². The topological polar surface area (TPSA) is 47.2 Å². The molecule has 3 N–H and O–H groups in total. The van der Waals surface area contributed by atoms with Crippen molar-refractivity contribution in [3.63, 3.8) is 0 Å². The van der Waals surface area contributed by atoms with Crippen LogP contribution in [0.4, 0.5) is 0 Å². The van der Waals surface area contributed by atoms with E-state index in [1.165, 1.54) is 34.6 Å². The standard InChI is InChI=1S/C20H31N3O2/c1-17(21-19(24)16-22-10-6-3-7-11-22)20(18-8-4-2-5-9-18)23-12-14-25-15-13-23/h2,4-5,8-9,17,20H,3,6-7,10-16H2,1H3,(H,21,24)/p+2/t17-,20+/m1/s1. The minimum absolute atomic E-state index is 0.118. The summed E-state index contributed by atoms with van der Waals surface area (Å²) in [5.74, 6) is 0.193. The van der Waals surface area contributed by atoms with Gasteiger partial charge in [0, 0.05) is 5.56 Å². The molecule has 1 aromatic carbocycles. The first-order valence-corrected chi connectivity index (χ1v) is 9.84. The van der Waals surface area contributed by atoms with Crippen LogP contribution in [0.5, 0.6) is 0 Å². The van der Waals surface area contributed by atoms with Crippen LogP contribution in [0, 0.1) is 0 Å². The summed E-state index contributed by atoms with van der Waals surface area (Å²) >= 11 is 0. The molecule has 3 rings (SSSR count). The molecule has 0 aromatic heterocycles. The lowest BCUT2D eigenvalue weighted by Gasteiger charge is -2.35. The molecule has 2 atom stereocenters. The number of ether oxygens (including phenoxy) is 1. The molecule has 2 fully saturated rings. The molecule has 0 aliphatic carbocycles. The van der Waals surface area contributed by atoms with Crippen molar-refractivity contribution >= 4 is 5.91 Å². The molecule has 0 saturated carbocycles.